The van der Waals surface area contributed by atoms with Crippen molar-refractivity contribution in [2.45, 2.75) is 51.6 Å². The largest absolute Gasteiger partial charge is 0.388 e. The van der Waals surface area contributed by atoms with Crippen molar-refractivity contribution in [1.82, 2.24) is 0 Å². The van der Waals surface area contributed by atoms with Crippen molar-refractivity contribution in [1.29, 1.82) is 0 Å². The number of rotatable bonds is 2. The Kier molecular flexibility index (Phi) is 2.79. The van der Waals surface area contributed by atoms with Crippen LogP contribution in [0.25, 0.3) is 0 Å². The third kappa shape index (κ3) is 1.97. The summed E-state index contributed by atoms with van der Waals surface area (Å²) < 4.78 is 27.6. The zero-order chi connectivity index (χ0) is 14.8. The number of aliphatic hydroxyl groups excluding tert-OH is 1. The summed E-state index contributed by atoms with van der Waals surface area (Å²) in [6, 6.07) is 4.16. The van der Waals surface area contributed by atoms with E-state index in [1.807, 2.05) is 0 Å². The van der Waals surface area contributed by atoms with Crippen LogP contribution in [0, 0.1) is 34.3 Å². The summed E-state index contributed by atoms with van der Waals surface area (Å²) in [6.45, 7) is 2.31. The fourth-order valence-corrected chi connectivity index (χ4v) is 6.18. The molecule has 114 valence electrons. The van der Waals surface area contributed by atoms with E-state index in [9.17, 15) is 13.9 Å². The van der Waals surface area contributed by atoms with Gasteiger partial charge in [0.25, 0.3) is 0 Å². The molecule has 0 heterocycles. The first-order valence-electron chi connectivity index (χ1n) is 8.03. The van der Waals surface area contributed by atoms with E-state index in [0.717, 1.165) is 25.3 Å². The van der Waals surface area contributed by atoms with E-state index in [1.165, 1.54) is 25.3 Å². The summed E-state index contributed by atoms with van der Waals surface area (Å²) in [7, 11) is 0. The molecule has 4 bridgehead atoms. The predicted octanol–water partition coefficient (Wildman–Crippen LogP) is 4.60. The van der Waals surface area contributed by atoms with Crippen LogP contribution >= 0.6 is 0 Å². The van der Waals surface area contributed by atoms with Gasteiger partial charge in [-0.1, -0.05) is 19.1 Å². The number of halogens is 2. The maximum atomic E-state index is 14.1. The highest BCUT2D eigenvalue weighted by Crippen LogP contribution is 2.68. The monoisotopic (exact) mass is 292 g/mol. The van der Waals surface area contributed by atoms with Gasteiger partial charge in [-0.25, -0.2) is 8.78 Å². The van der Waals surface area contributed by atoms with Crippen molar-refractivity contribution in [3.63, 3.8) is 0 Å². The van der Waals surface area contributed by atoms with Gasteiger partial charge in [0.05, 0.1) is 6.10 Å². The molecule has 0 aromatic heterocycles. The Morgan fingerprint density at radius 2 is 1.81 bits per heavy atom. The quantitative estimate of drug-likeness (QED) is 0.844. The Balaban J connectivity index is 1.74. The van der Waals surface area contributed by atoms with Crippen molar-refractivity contribution in [2.24, 2.45) is 22.7 Å². The molecule has 21 heavy (non-hydrogen) atoms. The fourth-order valence-electron chi connectivity index (χ4n) is 6.18. The molecule has 3 unspecified atom stereocenters. The average molecular weight is 292 g/mol. The van der Waals surface area contributed by atoms with Crippen LogP contribution in [0.3, 0.4) is 0 Å². The van der Waals surface area contributed by atoms with Gasteiger partial charge in [-0.15, -0.1) is 0 Å². The molecular weight excluding hydrogens is 270 g/mol. The molecule has 0 radical (unpaired) electrons. The minimum absolute atomic E-state index is 0.153. The molecule has 0 aliphatic heterocycles. The molecule has 5 rings (SSSR count). The van der Waals surface area contributed by atoms with Gasteiger partial charge in [0.1, 0.15) is 0 Å². The van der Waals surface area contributed by atoms with Gasteiger partial charge in [0, 0.05) is 11.0 Å². The van der Waals surface area contributed by atoms with Gasteiger partial charge in [-0.3, -0.25) is 0 Å². The maximum Gasteiger partial charge on any atom is 0.164 e. The van der Waals surface area contributed by atoms with E-state index in [2.05, 4.69) is 6.92 Å². The molecule has 0 saturated heterocycles. The van der Waals surface area contributed by atoms with Gasteiger partial charge in [0.15, 0.2) is 11.6 Å². The van der Waals surface area contributed by atoms with Crippen molar-refractivity contribution < 1.29 is 13.9 Å². The number of aliphatic hydroxyl groups is 1. The molecule has 1 N–H and O–H groups in total. The van der Waals surface area contributed by atoms with Gasteiger partial charge in [-0.05, 0) is 61.8 Å². The lowest BCUT2D eigenvalue weighted by molar-refractivity contribution is -0.155. The van der Waals surface area contributed by atoms with E-state index >= 15 is 0 Å². The van der Waals surface area contributed by atoms with Gasteiger partial charge in [-0.2, -0.15) is 0 Å². The fraction of sp³-hybridized carbons (Fsp3) is 0.667. The smallest absolute Gasteiger partial charge is 0.164 e. The summed E-state index contributed by atoms with van der Waals surface area (Å²) in [5.41, 5.74) is 0.197. The van der Waals surface area contributed by atoms with Gasteiger partial charge >= 0.3 is 0 Å². The summed E-state index contributed by atoms with van der Waals surface area (Å²) in [4.78, 5) is 0. The highest BCUT2D eigenvalue weighted by molar-refractivity contribution is 5.25. The molecule has 4 fully saturated rings. The predicted molar refractivity (Wildman–Crippen MR) is 76.5 cm³/mol. The first kappa shape index (κ1) is 13.7. The van der Waals surface area contributed by atoms with Crippen LogP contribution in [0.5, 0.6) is 0 Å². The molecular formula is C18H22F2O. The number of hydrogen-bond acceptors (Lipinski definition) is 1. The first-order valence-corrected chi connectivity index (χ1v) is 8.03. The summed E-state index contributed by atoms with van der Waals surface area (Å²) in [5, 5.41) is 10.9. The number of benzene rings is 1. The van der Waals surface area contributed by atoms with Crippen LogP contribution < -0.4 is 0 Å². The number of hydrogen-bond donors (Lipinski definition) is 1. The molecule has 3 heteroatoms. The van der Waals surface area contributed by atoms with Crippen LogP contribution in [0.4, 0.5) is 8.78 Å². The molecule has 4 aliphatic rings. The lowest BCUT2D eigenvalue weighted by Gasteiger charge is -2.62. The zero-order valence-electron chi connectivity index (χ0n) is 12.4. The van der Waals surface area contributed by atoms with E-state index in [0.29, 0.717) is 11.8 Å². The Bertz CT molecular complexity index is 569. The lowest BCUT2D eigenvalue weighted by Crippen LogP contribution is -2.53. The minimum atomic E-state index is -0.876. The van der Waals surface area contributed by atoms with E-state index in [-0.39, 0.29) is 16.4 Å². The van der Waals surface area contributed by atoms with Crippen molar-refractivity contribution >= 4 is 0 Å². The molecule has 4 saturated carbocycles. The summed E-state index contributed by atoms with van der Waals surface area (Å²) in [6.07, 6.45) is 5.75. The molecule has 1 nitrogen and oxygen atoms in total. The maximum absolute atomic E-state index is 14.1. The third-order valence-corrected chi connectivity index (χ3v) is 6.25. The van der Waals surface area contributed by atoms with Crippen LogP contribution in [-0.2, 0) is 0 Å². The van der Waals surface area contributed by atoms with E-state index < -0.39 is 17.7 Å². The normalized spacial score (nSPS) is 42.3. The lowest BCUT2D eigenvalue weighted by atomic mass is 9.43. The van der Waals surface area contributed by atoms with Crippen molar-refractivity contribution in [2.75, 3.05) is 0 Å². The Morgan fingerprint density at radius 3 is 2.43 bits per heavy atom. The van der Waals surface area contributed by atoms with Gasteiger partial charge < -0.3 is 5.11 Å². The average Bonchev–Trinajstić information content (AvgIpc) is 2.38. The summed E-state index contributed by atoms with van der Waals surface area (Å²) in [5.74, 6) is -0.418. The van der Waals surface area contributed by atoms with Crippen LogP contribution in [0.15, 0.2) is 18.2 Å². The van der Waals surface area contributed by atoms with Gasteiger partial charge in [0.2, 0.25) is 0 Å². The van der Waals surface area contributed by atoms with Crippen molar-refractivity contribution in [3.8, 4) is 0 Å². The molecule has 3 atom stereocenters. The Labute approximate surface area is 124 Å². The molecule has 0 spiro atoms. The van der Waals surface area contributed by atoms with Crippen molar-refractivity contribution in [3.05, 3.63) is 35.4 Å². The van der Waals surface area contributed by atoms with Crippen LogP contribution in [0.2, 0.25) is 0 Å². The second kappa shape index (κ2) is 4.28. The third-order valence-electron chi connectivity index (χ3n) is 6.25. The second-order valence-electron chi connectivity index (χ2n) is 8.18. The molecule has 4 aliphatic carbocycles. The Hall–Kier alpha value is -0.960. The Morgan fingerprint density at radius 1 is 1.14 bits per heavy atom. The topological polar surface area (TPSA) is 20.2 Å². The highest BCUT2D eigenvalue weighted by atomic mass is 19.2. The SMILES string of the molecule is CC12CC3CC(C1)CC(C(O)c1cccc(F)c1F)(C3)C2. The first-order chi connectivity index (χ1) is 9.91. The zero-order valence-corrected chi connectivity index (χ0v) is 12.4. The minimum Gasteiger partial charge on any atom is -0.388 e. The van der Waals surface area contributed by atoms with Crippen LogP contribution in [0.1, 0.15) is 57.1 Å². The van der Waals surface area contributed by atoms with E-state index in [1.54, 1.807) is 6.07 Å². The molecule has 1 aromatic carbocycles. The molecule has 0 amide bonds. The standard InChI is InChI=1S/C18H22F2O/c1-17-6-11-5-12(7-17)9-18(8-11,10-17)16(21)13-3-2-4-14(19)15(13)20/h2-4,11-12,16,21H,5-10H2,1H3. The second-order valence-corrected chi connectivity index (χ2v) is 8.18. The molecule has 1 aromatic rings. The van der Waals surface area contributed by atoms with Crippen LogP contribution in [-0.4, -0.2) is 5.11 Å². The highest BCUT2D eigenvalue weighted by Gasteiger charge is 2.58. The van der Waals surface area contributed by atoms with E-state index in [4.69, 9.17) is 0 Å². The summed E-state index contributed by atoms with van der Waals surface area (Å²) >= 11 is 0.